The largest absolute Gasteiger partial charge is 0.485 e. The van der Waals surface area contributed by atoms with Gasteiger partial charge >= 0.3 is 0 Å². The summed E-state index contributed by atoms with van der Waals surface area (Å²) in [5.74, 6) is 0.557. The monoisotopic (exact) mass is 302 g/mol. The molecule has 1 fully saturated rings. The van der Waals surface area contributed by atoms with Gasteiger partial charge in [0.15, 0.2) is 0 Å². The zero-order valence-electron chi connectivity index (χ0n) is 12.3. The molecule has 1 aromatic carbocycles. The zero-order chi connectivity index (χ0) is 15.2. The van der Waals surface area contributed by atoms with Crippen molar-refractivity contribution in [2.45, 2.75) is 12.6 Å². The molecule has 0 spiro atoms. The van der Waals surface area contributed by atoms with Crippen LogP contribution in [-0.4, -0.2) is 42.3 Å². The lowest BCUT2D eigenvalue weighted by atomic mass is 10.2. The molecule has 1 atom stereocenters. The van der Waals surface area contributed by atoms with Crippen molar-refractivity contribution in [3.63, 3.8) is 0 Å². The molecule has 3 rings (SSSR count). The number of rotatable bonds is 4. The second-order valence-electron chi connectivity index (χ2n) is 5.33. The number of nitrogens with zero attached hydrogens (tertiary/aromatic N) is 2. The molecule has 2 heterocycles. The van der Waals surface area contributed by atoms with Crippen LogP contribution in [0.5, 0.6) is 5.75 Å². The molecule has 116 valence electrons. The summed E-state index contributed by atoms with van der Waals surface area (Å²) in [7, 11) is 0. The van der Waals surface area contributed by atoms with E-state index in [1.807, 2.05) is 24.3 Å². The predicted octanol–water partition coefficient (Wildman–Crippen LogP) is 2.50. The van der Waals surface area contributed by atoms with Crippen molar-refractivity contribution in [2.75, 3.05) is 26.3 Å². The Kier molecular flexibility index (Phi) is 4.98. The molecule has 5 heteroatoms. The van der Waals surface area contributed by atoms with Gasteiger partial charge in [-0.25, -0.2) is 4.39 Å². The van der Waals surface area contributed by atoms with Crippen LogP contribution in [-0.2, 0) is 11.3 Å². The Labute approximate surface area is 129 Å². The second-order valence-corrected chi connectivity index (χ2v) is 5.33. The molecule has 2 aromatic rings. The first-order valence-electron chi connectivity index (χ1n) is 7.41. The minimum atomic E-state index is -0.169. The average molecular weight is 302 g/mol. The van der Waals surface area contributed by atoms with Crippen LogP contribution in [0, 0.1) is 5.82 Å². The number of halogens is 1. The van der Waals surface area contributed by atoms with Gasteiger partial charge < -0.3 is 9.47 Å². The first-order chi connectivity index (χ1) is 10.8. The summed E-state index contributed by atoms with van der Waals surface area (Å²) >= 11 is 0. The van der Waals surface area contributed by atoms with E-state index >= 15 is 0 Å². The van der Waals surface area contributed by atoms with Crippen molar-refractivity contribution in [3.8, 4) is 5.75 Å². The van der Waals surface area contributed by atoms with Gasteiger partial charge in [-0.15, -0.1) is 0 Å². The topological polar surface area (TPSA) is 34.6 Å². The van der Waals surface area contributed by atoms with Crippen LogP contribution in [0.1, 0.15) is 5.56 Å². The second kappa shape index (κ2) is 7.33. The van der Waals surface area contributed by atoms with E-state index < -0.39 is 0 Å². The summed E-state index contributed by atoms with van der Waals surface area (Å²) < 4.78 is 25.3. The highest BCUT2D eigenvalue weighted by Gasteiger charge is 2.21. The van der Waals surface area contributed by atoms with Crippen molar-refractivity contribution in [1.82, 2.24) is 9.88 Å². The molecule has 1 aliphatic heterocycles. The molecule has 0 aliphatic carbocycles. The fourth-order valence-corrected chi connectivity index (χ4v) is 2.53. The van der Waals surface area contributed by atoms with E-state index in [4.69, 9.17) is 9.47 Å². The van der Waals surface area contributed by atoms with Crippen molar-refractivity contribution in [2.24, 2.45) is 0 Å². The minimum Gasteiger partial charge on any atom is -0.485 e. The number of hydrogen-bond donors (Lipinski definition) is 0. The number of benzene rings is 1. The summed E-state index contributed by atoms with van der Waals surface area (Å²) in [5, 5.41) is 0. The van der Waals surface area contributed by atoms with Gasteiger partial charge in [0.25, 0.3) is 0 Å². The fraction of sp³-hybridized carbons (Fsp3) is 0.353. The summed E-state index contributed by atoms with van der Waals surface area (Å²) in [5.41, 5.74) is 0.699. The Bertz CT molecular complexity index is 594. The van der Waals surface area contributed by atoms with Crippen LogP contribution >= 0.6 is 0 Å². The van der Waals surface area contributed by atoms with E-state index in [9.17, 15) is 4.39 Å². The lowest BCUT2D eigenvalue weighted by molar-refractivity contribution is 0.0708. The van der Waals surface area contributed by atoms with Crippen LogP contribution in [0.3, 0.4) is 0 Å². The predicted molar refractivity (Wildman–Crippen MR) is 81.1 cm³/mol. The summed E-state index contributed by atoms with van der Waals surface area (Å²) in [6.45, 7) is 3.18. The van der Waals surface area contributed by atoms with Crippen molar-refractivity contribution < 1.29 is 13.9 Å². The Morgan fingerprint density at radius 3 is 3.00 bits per heavy atom. The Hall–Kier alpha value is -1.98. The zero-order valence-corrected chi connectivity index (χ0v) is 12.3. The third kappa shape index (κ3) is 4.02. The van der Waals surface area contributed by atoms with Crippen LogP contribution in [0.25, 0.3) is 0 Å². The molecule has 0 N–H and O–H groups in total. The van der Waals surface area contributed by atoms with E-state index in [2.05, 4.69) is 9.88 Å². The minimum absolute atomic E-state index is 0.0847. The quantitative estimate of drug-likeness (QED) is 0.869. The van der Waals surface area contributed by atoms with Gasteiger partial charge in [-0.2, -0.15) is 0 Å². The summed E-state index contributed by atoms with van der Waals surface area (Å²) in [6.07, 6.45) is 3.31. The molecular formula is C17H19FN2O2. The molecule has 1 aromatic heterocycles. The van der Waals surface area contributed by atoms with Crippen LogP contribution < -0.4 is 4.74 Å². The van der Waals surface area contributed by atoms with Gasteiger partial charge in [0, 0.05) is 31.4 Å². The van der Waals surface area contributed by atoms with E-state index in [0.29, 0.717) is 31.9 Å². The van der Waals surface area contributed by atoms with Crippen molar-refractivity contribution in [1.29, 1.82) is 0 Å². The first kappa shape index (κ1) is 14.9. The van der Waals surface area contributed by atoms with Crippen LogP contribution in [0.15, 0.2) is 48.8 Å². The molecule has 1 unspecified atom stereocenters. The highest BCUT2D eigenvalue weighted by atomic mass is 19.1. The molecule has 22 heavy (non-hydrogen) atoms. The Balaban J connectivity index is 1.64. The van der Waals surface area contributed by atoms with Gasteiger partial charge in [0.2, 0.25) is 0 Å². The number of ether oxygens (including phenoxy) is 2. The Morgan fingerprint density at radius 1 is 1.27 bits per heavy atom. The van der Waals surface area contributed by atoms with Gasteiger partial charge in [-0.05, 0) is 18.2 Å². The fourth-order valence-electron chi connectivity index (χ4n) is 2.53. The van der Waals surface area contributed by atoms with E-state index in [0.717, 1.165) is 12.3 Å². The molecular weight excluding hydrogens is 283 g/mol. The van der Waals surface area contributed by atoms with Crippen molar-refractivity contribution in [3.05, 3.63) is 60.2 Å². The molecule has 1 saturated heterocycles. The third-order valence-electron chi connectivity index (χ3n) is 3.61. The van der Waals surface area contributed by atoms with Crippen LogP contribution in [0.4, 0.5) is 4.39 Å². The number of pyridine rings is 1. The van der Waals surface area contributed by atoms with Crippen molar-refractivity contribution >= 4 is 0 Å². The van der Waals surface area contributed by atoms with Gasteiger partial charge in [-0.1, -0.05) is 18.2 Å². The first-order valence-corrected chi connectivity index (χ1v) is 7.41. The lowest BCUT2D eigenvalue weighted by Crippen LogP contribution is -2.35. The van der Waals surface area contributed by atoms with Gasteiger partial charge in [-0.3, -0.25) is 9.88 Å². The molecule has 4 nitrogen and oxygen atoms in total. The summed E-state index contributed by atoms with van der Waals surface area (Å²) in [6, 6.07) is 10.6. The van der Waals surface area contributed by atoms with Crippen LogP contribution in [0.2, 0.25) is 0 Å². The van der Waals surface area contributed by atoms with E-state index in [-0.39, 0.29) is 11.9 Å². The highest BCUT2D eigenvalue weighted by molar-refractivity contribution is 5.18. The number of aromatic nitrogens is 1. The Morgan fingerprint density at radius 2 is 2.18 bits per heavy atom. The SMILES string of the molecule is Fc1ccccc1CN1CCOCC(Oc2cccnc2)C1. The average Bonchev–Trinajstić information content (AvgIpc) is 2.76. The standard InChI is InChI=1S/C17H19FN2O2/c18-17-6-2-1-4-14(17)11-20-8-9-21-13-16(12-20)22-15-5-3-7-19-10-15/h1-7,10,16H,8-9,11-13H2. The lowest BCUT2D eigenvalue weighted by Gasteiger charge is -2.24. The molecule has 0 bridgehead atoms. The maximum Gasteiger partial charge on any atom is 0.138 e. The number of hydrogen-bond acceptors (Lipinski definition) is 4. The normalized spacial score (nSPS) is 19.6. The maximum absolute atomic E-state index is 13.8. The van der Waals surface area contributed by atoms with E-state index in [1.165, 1.54) is 6.07 Å². The third-order valence-corrected chi connectivity index (χ3v) is 3.61. The van der Waals surface area contributed by atoms with E-state index in [1.54, 1.807) is 18.5 Å². The molecule has 0 amide bonds. The summed E-state index contributed by atoms with van der Waals surface area (Å²) in [4.78, 5) is 6.20. The molecule has 1 aliphatic rings. The highest BCUT2D eigenvalue weighted by Crippen LogP contribution is 2.15. The smallest absolute Gasteiger partial charge is 0.138 e. The molecule has 0 saturated carbocycles. The van der Waals surface area contributed by atoms with Gasteiger partial charge in [0.05, 0.1) is 19.4 Å². The molecule has 0 radical (unpaired) electrons. The maximum atomic E-state index is 13.8. The van der Waals surface area contributed by atoms with Gasteiger partial charge in [0.1, 0.15) is 17.7 Å².